The van der Waals surface area contributed by atoms with E-state index in [2.05, 4.69) is 5.32 Å². The molecule has 1 N–H and O–H groups in total. The number of likely N-dealkylation sites (N-methyl/N-ethyl adjacent to an activating group) is 1. The molecule has 106 valence electrons. The smallest absolute Gasteiger partial charge is 0.227 e. The van der Waals surface area contributed by atoms with E-state index in [1.165, 1.54) is 6.07 Å². The maximum absolute atomic E-state index is 13.5. The summed E-state index contributed by atoms with van der Waals surface area (Å²) in [6.07, 6.45) is 2.23. The third kappa shape index (κ3) is 3.91. The molecular weight excluding hydrogens is 267 g/mol. The summed E-state index contributed by atoms with van der Waals surface area (Å²) in [6, 6.07) is 6.74. The third-order valence-corrected chi connectivity index (χ3v) is 3.44. The molecule has 0 bridgehead atoms. The monoisotopic (exact) mass is 286 g/mol. The van der Waals surface area contributed by atoms with E-state index in [-0.39, 0.29) is 36.6 Å². The lowest BCUT2D eigenvalue weighted by Crippen LogP contribution is -2.41. The predicted octanol–water partition coefficient (Wildman–Crippen LogP) is 2.00. The first-order valence-electron chi connectivity index (χ1n) is 6.40. The average molecular weight is 287 g/mol. The number of halogens is 2. The van der Waals surface area contributed by atoms with Crippen LogP contribution in [-0.2, 0) is 11.2 Å². The molecule has 1 fully saturated rings. The highest BCUT2D eigenvalue weighted by Crippen LogP contribution is 2.18. The van der Waals surface area contributed by atoms with E-state index in [1.54, 1.807) is 18.2 Å². The van der Waals surface area contributed by atoms with Crippen LogP contribution in [0, 0.1) is 5.82 Å². The van der Waals surface area contributed by atoms with Crippen LogP contribution in [0.5, 0.6) is 0 Å². The summed E-state index contributed by atoms with van der Waals surface area (Å²) in [7, 11) is 1.89. The standard InChI is InChI=1S/C14H19FN2O.ClH/c1-16-10-12-6-4-8-17(12)14(18)9-11-5-2-3-7-13(11)15;/h2-3,5,7,12,16H,4,6,8-10H2,1H3;1H. The van der Waals surface area contributed by atoms with E-state index in [0.717, 1.165) is 25.9 Å². The second-order valence-electron chi connectivity index (χ2n) is 4.71. The first kappa shape index (κ1) is 15.9. The second-order valence-corrected chi connectivity index (χ2v) is 4.71. The van der Waals surface area contributed by atoms with Crippen LogP contribution in [-0.4, -0.2) is 37.0 Å². The fourth-order valence-electron chi connectivity index (χ4n) is 2.52. The fourth-order valence-corrected chi connectivity index (χ4v) is 2.52. The minimum Gasteiger partial charge on any atom is -0.338 e. The summed E-state index contributed by atoms with van der Waals surface area (Å²) in [5.74, 6) is -0.270. The van der Waals surface area contributed by atoms with Gasteiger partial charge in [0.1, 0.15) is 5.82 Å². The fraction of sp³-hybridized carbons (Fsp3) is 0.500. The third-order valence-electron chi connectivity index (χ3n) is 3.44. The van der Waals surface area contributed by atoms with Gasteiger partial charge in [0.2, 0.25) is 5.91 Å². The van der Waals surface area contributed by atoms with Gasteiger partial charge in [-0.1, -0.05) is 18.2 Å². The molecule has 0 aromatic heterocycles. The Hall–Kier alpha value is -1.13. The first-order chi connectivity index (χ1) is 8.72. The number of carbonyl (C=O) groups is 1. The lowest BCUT2D eigenvalue weighted by atomic mass is 10.1. The summed E-state index contributed by atoms with van der Waals surface area (Å²) >= 11 is 0. The molecule has 2 rings (SSSR count). The molecule has 1 aromatic rings. The number of benzene rings is 1. The Morgan fingerprint density at radius 2 is 2.21 bits per heavy atom. The van der Waals surface area contributed by atoms with E-state index in [1.807, 2.05) is 11.9 Å². The molecule has 0 radical (unpaired) electrons. The maximum atomic E-state index is 13.5. The van der Waals surface area contributed by atoms with Crippen molar-refractivity contribution in [3.05, 3.63) is 35.6 Å². The number of rotatable bonds is 4. The molecule has 1 aromatic carbocycles. The van der Waals surface area contributed by atoms with E-state index in [9.17, 15) is 9.18 Å². The zero-order valence-electron chi connectivity index (χ0n) is 11.1. The van der Waals surface area contributed by atoms with Gasteiger partial charge in [-0.25, -0.2) is 4.39 Å². The van der Waals surface area contributed by atoms with Gasteiger partial charge in [0, 0.05) is 19.1 Å². The summed E-state index contributed by atoms with van der Waals surface area (Å²) < 4.78 is 13.5. The van der Waals surface area contributed by atoms with E-state index < -0.39 is 0 Å². The van der Waals surface area contributed by atoms with Crippen molar-refractivity contribution in [3.63, 3.8) is 0 Å². The van der Waals surface area contributed by atoms with Gasteiger partial charge in [-0.05, 0) is 31.5 Å². The van der Waals surface area contributed by atoms with Crippen molar-refractivity contribution in [2.24, 2.45) is 0 Å². The van der Waals surface area contributed by atoms with E-state index >= 15 is 0 Å². The molecular formula is C14H20ClFN2O. The summed E-state index contributed by atoms with van der Waals surface area (Å²) in [5.41, 5.74) is 0.484. The zero-order chi connectivity index (χ0) is 13.0. The summed E-state index contributed by atoms with van der Waals surface area (Å²) in [6.45, 7) is 1.60. The largest absolute Gasteiger partial charge is 0.338 e. The molecule has 3 nitrogen and oxygen atoms in total. The van der Waals surface area contributed by atoms with Gasteiger partial charge >= 0.3 is 0 Å². The van der Waals surface area contributed by atoms with E-state index in [0.29, 0.717) is 5.56 Å². The van der Waals surface area contributed by atoms with Crippen LogP contribution in [0.1, 0.15) is 18.4 Å². The Bertz CT molecular complexity index is 428. The Labute approximate surface area is 119 Å². The zero-order valence-corrected chi connectivity index (χ0v) is 11.9. The highest BCUT2D eigenvalue weighted by Gasteiger charge is 2.28. The van der Waals surface area contributed by atoms with E-state index in [4.69, 9.17) is 0 Å². The Morgan fingerprint density at radius 3 is 2.89 bits per heavy atom. The maximum Gasteiger partial charge on any atom is 0.227 e. The van der Waals surface area contributed by atoms with Crippen LogP contribution >= 0.6 is 12.4 Å². The Kier molecular flexibility index (Phi) is 6.25. The number of nitrogens with one attached hydrogen (secondary N) is 1. The van der Waals surface area contributed by atoms with Crippen LogP contribution in [0.4, 0.5) is 4.39 Å². The van der Waals surface area contributed by atoms with Crippen LogP contribution in [0.3, 0.4) is 0 Å². The van der Waals surface area contributed by atoms with Gasteiger partial charge in [-0.3, -0.25) is 4.79 Å². The average Bonchev–Trinajstić information content (AvgIpc) is 2.81. The summed E-state index contributed by atoms with van der Waals surface area (Å²) in [4.78, 5) is 14.1. The Morgan fingerprint density at radius 1 is 1.47 bits per heavy atom. The molecule has 1 amide bonds. The molecule has 0 spiro atoms. The van der Waals surface area contributed by atoms with Crippen LogP contribution < -0.4 is 5.32 Å². The minimum absolute atomic E-state index is 0. The SMILES string of the molecule is CNCC1CCCN1C(=O)Cc1ccccc1F.Cl. The van der Waals surface area contributed by atoms with Crippen molar-refractivity contribution in [1.82, 2.24) is 10.2 Å². The van der Waals surface area contributed by atoms with Crippen LogP contribution in [0.15, 0.2) is 24.3 Å². The quantitative estimate of drug-likeness (QED) is 0.918. The molecule has 5 heteroatoms. The Balaban J connectivity index is 0.00000180. The number of carbonyl (C=O) groups excluding carboxylic acids is 1. The second kappa shape index (κ2) is 7.46. The molecule has 1 atom stereocenters. The van der Waals surface area contributed by atoms with Gasteiger partial charge in [-0.2, -0.15) is 0 Å². The van der Waals surface area contributed by atoms with Crippen molar-refractivity contribution in [2.45, 2.75) is 25.3 Å². The number of amides is 1. The molecule has 19 heavy (non-hydrogen) atoms. The molecule has 0 aliphatic carbocycles. The van der Waals surface area contributed by atoms with Gasteiger partial charge in [-0.15, -0.1) is 12.4 Å². The lowest BCUT2D eigenvalue weighted by molar-refractivity contribution is -0.131. The van der Waals surface area contributed by atoms with Crippen molar-refractivity contribution < 1.29 is 9.18 Å². The highest BCUT2D eigenvalue weighted by molar-refractivity contribution is 5.85. The predicted molar refractivity (Wildman–Crippen MR) is 76.0 cm³/mol. The van der Waals surface area contributed by atoms with Gasteiger partial charge < -0.3 is 10.2 Å². The van der Waals surface area contributed by atoms with Crippen molar-refractivity contribution >= 4 is 18.3 Å². The molecule has 1 aliphatic heterocycles. The van der Waals surface area contributed by atoms with Crippen molar-refractivity contribution in [3.8, 4) is 0 Å². The number of hydrogen-bond donors (Lipinski definition) is 1. The number of hydrogen-bond acceptors (Lipinski definition) is 2. The minimum atomic E-state index is -0.296. The van der Waals surface area contributed by atoms with Crippen LogP contribution in [0.2, 0.25) is 0 Å². The topological polar surface area (TPSA) is 32.3 Å². The van der Waals surface area contributed by atoms with Gasteiger partial charge in [0.15, 0.2) is 0 Å². The molecule has 1 heterocycles. The lowest BCUT2D eigenvalue weighted by Gasteiger charge is -2.24. The first-order valence-corrected chi connectivity index (χ1v) is 6.40. The molecule has 1 unspecified atom stereocenters. The van der Waals surface area contributed by atoms with Gasteiger partial charge in [0.25, 0.3) is 0 Å². The molecule has 1 saturated heterocycles. The number of nitrogens with zero attached hydrogens (tertiary/aromatic N) is 1. The van der Waals surface area contributed by atoms with Crippen molar-refractivity contribution in [1.29, 1.82) is 0 Å². The summed E-state index contributed by atoms with van der Waals surface area (Å²) in [5, 5.41) is 3.10. The molecule has 0 saturated carbocycles. The van der Waals surface area contributed by atoms with Crippen LogP contribution in [0.25, 0.3) is 0 Å². The normalized spacial score (nSPS) is 18.2. The molecule has 1 aliphatic rings. The van der Waals surface area contributed by atoms with Gasteiger partial charge in [0.05, 0.1) is 6.42 Å². The highest BCUT2D eigenvalue weighted by atomic mass is 35.5. The van der Waals surface area contributed by atoms with Crippen molar-refractivity contribution in [2.75, 3.05) is 20.1 Å². The number of likely N-dealkylation sites (tertiary alicyclic amines) is 1.